The Labute approximate surface area is 190 Å². The summed E-state index contributed by atoms with van der Waals surface area (Å²) in [5, 5.41) is 11.3. The van der Waals surface area contributed by atoms with Crippen molar-refractivity contribution < 1.29 is 29.1 Å². The van der Waals surface area contributed by atoms with E-state index >= 15 is 0 Å². The zero-order valence-corrected chi connectivity index (χ0v) is 17.8. The molecule has 33 heavy (non-hydrogen) atoms. The van der Waals surface area contributed by atoms with Gasteiger partial charge >= 0.3 is 12.1 Å². The average Bonchev–Trinajstić information content (AvgIpc) is 3.12. The lowest BCUT2D eigenvalue weighted by Gasteiger charge is -2.16. The van der Waals surface area contributed by atoms with E-state index in [2.05, 4.69) is 27.8 Å². The van der Waals surface area contributed by atoms with Gasteiger partial charge in [0.2, 0.25) is 0 Å². The van der Waals surface area contributed by atoms with Crippen molar-refractivity contribution in [1.82, 2.24) is 5.48 Å². The molecule has 0 saturated heterocycles. The second-order valence-corrected chi connectivity index (χ2v) is 7.54. The van der Waals surface area contributed by atoms with Crippen LogP contribution in [-0.2, 0) is 14.4 Å². The van der Waals surface area contributed by atoms with E-state index in [-0.39, 0.29) is 18.1 Å². The molecule has 3 aromatic carbocycles. The molecule has 2 amide bonds. The molecule has 0 saturated carbocycles. The summed E-state index contributed by atoms with van der Waals surface area (Å²) in [5.41, 5.74) is 7.70. The number of hydrogen-bond donors (Lipinski definition) is 3. The van der Waals surface area contributed by atoms with Crippen molar-refractivity contribution in [3.05, 3.63) is 89.0 Å². The number of benzene rings is 3. The Bertz CT molecular complexity index is 1180. The zero-order valence-electron chi connectivity index (χ0n) is 17.8. The average molecular weight is 446 g/mol. The Hall–Kier alpha value is -4.17. The molecule has 0 aliphatic heterocycles. The highest BCUT2D eigenvalue weighted by molar-refractivity contribution is 5.98. The number of ether oxygens (including phenoxy) is 1. The topological polar surface area (TPSA) is 114 Å². The van der Waals surface area contributed by atoms with Crippen molar-refractivity contribution in [1.29, 1.82) is 0 Å². The number of aliphatic carboxylic acids is 1. The molecular formula is C25H22N2O6. The van der Waals surface area contributed by atoms with E-state index in [0.29, 0.717) is 11.3 Å². The number of nitrogens with one attached hydrogen (secondary N) is 2. The monoisotopic (exact) mass is 446 g/mol. The molecule has 0 spiro atoms. The lowest BCUT2D eigenvalue weighted by Crippen LogP contribution is -2.27. The van der Waals surface area contributed by atoms with Gasteiger partial charge in [-0.25, -0.2) is 15.1 Å². The van der Waals surface area contributed by atoms with E-state index in [4.69, 9.17) is 9.84 Å². The second-order valence-electron chi connectivity index (χ2n) is 7.54. The van der Waals surface area contributed by atoms with Crippen LogP contribution < -0.4 is 10.8 Å². The number of fused-ring (bicyclic) bond motifs is 3. The third-order valence-corrected chi connectivity index (χ3v) is 5.52. The van der Waals surface area contributed by atoms with E-state index in [1.54, 1.807) is 19.1 Å². The standard InChI is InChI=1S/C25H22N2O6/c1-15-16(24(30)27-33-14-23(28)29)11-6-12-22(15)26-25(31)32-13-21-19-9-4-2-7-17(19)18-8-3-5-10-20(18)21/h2-12,21H,13-14H2,1H3,(H,26,31)(H,27,30)(H,28,29). The molecule has 3 aromatic rings. The minimum absolute atomic E-state index is 0.0623. The first kappa shape index (κ1) is 22.0. The Morgan fingerprint density at radius 1 is 0.909 bits per heavy atom. The minimum atomic E-state index is -1.21. The molecule has 0 radical (unpaired) electrons. The van der Waals surface area contributed by atoms with Gasteiger partial charge in [0, 0.05) is 17.2 Å². The summed E-state index contributed by atoms with van der Waals surface area (Å²) in [6.45, 7) is 1.16. The van der Waals surface area contributed by atoms with Crippen molar-refractivity contribution in [3.8, 4) is 11.1 Å². The zero-order chi connectivity index (χ0) is 23.4. The predicted octanol–water partition coefficient (Wildman–Crippen LogP) is 4.10. The molecule has 168 valence electrons. The summed E-state index contributed by atoms with van der Waals surface area (Å²) < 4.78 is 5.55. The maximum absolute atomic E-state index is 12.5. The van der Waals surface area contributed by atoms with Gasteiger partial charge in [-0.05, 0) is 46.9 Å². The first-order chi connectivity index (χ1) is 16.0. The van der Waals surface area contributed by atoms with Crippen LogP contribution >= 0.6 is 0 Å². The van der Waals surface area contributed by atoms with Crippen molar-refractivity contribution in [2.24, 2.45) is 0 Å². The van der Waals surface area contributed by atoms with Gasteiger partial charge in [0.25, 0.3) is 5.91 Å². The third-order valence-electron chi connectivity index (χ3n) is 5.52. The van der Waals surface area contributed by atoms with Gasteiger partial charge in [-0.2, -0.15) is 0 Å². The van der Waals surface area contributed by atoms with Crippen molar-refractivity contribution >= 4 is 23.7 Å². The lowest BCUT2D eigenvalue weighted by molar-refractivity contribution is -0.144. The number of rotatable bonds is 7. The smallest absolute Gasteiger partial charge is 0.411 e. The fourth-order valence-electron chi connectivity index (χ4n) is 3.98. The number of carboxylic acids is 1. The first-order valence-corrected chi connectivity index (χ1v) is 10.3. The van der Waals surface area contributed by atoms with E-state index in [1.807, 2.05) is 36.4 Å². The molecule has 8 nitrogen and oxygen atoms in total. The van der Waals surface area contributed by atoms with Crippen molar-refractivity contribution in [3.63, 3.8) is 0 Å². The number of carbonyl (C=O) groups is 3. The molecule has 8 heteroatoms. The van der Waals surface area contributed by atoms with Crippen molar-refractivity contribution in [2.75, 3.05) is 18.5 Å². The van der Waals surface area contributed by atoms with Crippen LogP contribution in [0.1, 0.15) is 33.0 Å². The number of amides is 2. The van der Waals surface area contributed by atoms with Gasteiger partial charge in [0.1, 0.15) is 6.61 Å². The summed E-state index contributed by atoms with van der Waals surface area (Å²) >= 11 is 0. The Morgan fingerprint density at radius 3 is 2.18 bits per heavy atom. The predicted molar refractivity (Wildman–Crippen MR) is 121 cm³/mol. The molecule has 0 unspecified atom stereocenters. The first-order valence-electron chi connectivity index (χ1n) is 10.3. The van der Waals surface area contributed by atoms with Crippen LogP contribution in [0.2, 0.25) is 0 Å². The number of anilines is 1. The van der Waals surface area contributed by atoms with Gasteiger partial charge in [-0.3, -0.25) is 14.9 Å². The maximum Gasteiger partial charge on any atom is 0.411 e. The van der Waals surface area contributed by atoms with Crippen LogP contribution in [0.3, 0.4) is 0 Å². The number of hydroxylamine groups is 1. The van der Waals surface area contributed by atoms with Gasteiger partial charge in [0.15, 0.2) is 6.61 Å². The van der Waals surface area contributed by atoms with Gasteiger partial charge in [0.05, 0.1) is 0 Å². The number of hydrogen-bond acceptors (Lipinski definition) is 5. The summed E-state index contributed by atoms with van der Waals surface area (Å²) in [6.07, 6.45) is -0.639. The van der Waals surface area contributed by atoms with E-state index in [1.165, 1.54) is 6.07 Å². The molecule has 0 atom stereocenters. The minimum Gasteiger partial charge on any atom is -0.479 e. The van der Waals surface area contributed by atoms with Gasteiger partial charge in [-0.15, -0.1) is 0 Å². The largest absolute Gasteiger partial charge is 0.479 e. The third kappa shape index (κ3) is 4.70. The highest BCUT2D eigenvalue weighted by atomic mass is 16.7. The van der Waals surface area contributed by atoms with Gasteiger partial charge in [-0.1, -0.05) is 54.6 Å². The number of carboxylic acid groups (broad SMARTS) is 1. The lowest BCUT2D eigenvalue weighted by atomic mass is 9.98. The second kappa shape index (κ2) is 9.54. The van der Waals surface area contributed by atoms with Crippen molar-refractivity contribution in [2.45, 2.75) is 12.8 Å². The van der Waals surface area contributed by atoms with Crippen LogP contribution in [0.25, 0.3) is 11.1 Å². The Morgan fingerprint density at radius 2 is 1.55 bits per heavy atom. The van der Waals surface area contributed by atoms with Crippen LogP contribution in [0, 0.1) is 6.92 Å². The Balaban J connectivity index is 1.42. The molecule has 4 rings (SSSR count). The van der Waals surface area contributed by atoms with Crippen LogP contribution in [-0.4, -0.2) is 36.3 Å². The van der Waals surface area contributed by atoms with E-state index < -0.39 is 24.6 Å². The molecule has 0 heterocycles. The number of carbonyl (C=O) groups excluding carboxylic acids is 2. The van der Waals surface area contributed by atoms with Crippen LogP contribution in [0.4, 0.5) is 10.5 Å². The highest BCUT2D eigenvalue weighted by Crippen LogP contribution is 2.44. The normalized spacial score (nSPS) is 11.9. The molecule has 3 N–H and O–H groups in total. The fraction of sp³-hybridized carbons (Fsp3) is 0.160. The Kier molecular flexibility index (Phi) is 6.37. The summed E-state index contributed by atoms with van der Waals surface area (Å²) in [7, 11) is 0. The summed E-state index contributed by atoms with van der Waals surface area (Å²) in [5.74, 6) is -1.89. The fourth-order valence-corrected chi connectivity index (χ4v) is 3.98. The molecule has 0 aromatic heterocycles. The highest BCUT2D eigenvalue weighted by Gasteiger charge is 2.29. The molecule has 1 aliphatic carbocycles. The SMILES string of the molecule is Cc1c(NC(=O)OCC2c3ccccc3-c3ccccc32)cccc1C(=O)NOCC(=O)O. The molecule has 0 bridgehead atoms. The van der Waals surface area contributed by atoms with Gasteiger partial charge < -0.3 is 9.84 Å². The maximum atomic E-state index is 12.5. The molecular weight excluding hydrogens is 424 g/mol. The quantitative estimate of drug-likeness (QED) is 0.471. The molecule has 1 aliphatic rings. The summed E-state index contributed by atoms with van der Waals surface area (Å²) in [4.78, 5) is 39.9. The summed E-state index contributed by atoms with van der Waals surface area (Å²) in [6, 6.07) is 20.9. The molecule has 0 fully saturated rings. The van der Waals surface area contributed by atoms with E-state index in [0.717, 1.165) is 22.3 Å². The van der Waals surface area contributed by atoms with Crippen LogP contribution in [0.15, 0.2) is 66.7 Å². The van der Waals surface area contributed by atoms with E-state index in [9.17, 15) is 14.4 Å². The van der Waals surface area contributed by atoms with Crippen LogP contribution in [0.5, 0.6) is 0 Å².